The van der Waals surface area contributed by atoms with Crippen molar-refractivity contribution < 1.29 is 14.3 Å². The third-order valence-electron chi connectivity index (χ3n) is 4.21. The summed E-state index contributed by atoms with van der Waals surface area (Å²) in [6, 6.07) is 15.4. The second-order valence-corrected chi connectivity index (χ2v) is 7.39. The zero-order valence-corrected chi connectivity index (χ0v) is 17.9. The predicted molar refractivity (Wildman–Crippen MR) is 120 cm³/mol. The molecule has 152 valence electrons. The first-order valence-corrected chi connectivity index (χ1v) is 10.7. The Hall–Kier alpha value is -2.73. The molecule has 0 spiro atoms. The Balaban J connectivity index is 1.88. The molecule has 1 amide bonds. The maximum absolute atomic E-state index is 12.9. The number of aliphatic imine (C=N–C) groups is 1. The Labute approximate surface area is 176 Å². The number of rotatable bonds is 8. The molecule has 0 radical (unpaired) electrons. The van der Waals surface area contributed by atoms with Crippen LogP contribution in [0.4, 0.5) is 5.69 Å². The van der Waals surface area contributed by atoms with E-state index >= 15 is 0 Å². The second-order valence-electron chi connectivity index (χ2n) is 6.38. The average Bonchev–Trinajstić information content (AvgIpc) is 3.02. The Kier molecular flexibility index (Phi) is 7.36. The summed E-state index contributed by atoms with van der Waals surface area (Å²) in [7, 11) is 0. The van der Waals surface area contributed by atoms with Gasteiger partial charge in [-0.1, -0.05) is 31.2 Å². The third kappa shape index (κ3) is 5.21. The van der Waals surface area contributed by atoms with Crippen LogP contribution in [-0.4, -0.2) is 35.7 Å². The number of likely N-dealkylation sites (N-methyl/N-ethyl adjacent to an activating group) is 1. The molecule has 0 aliphatic carbocycles. The van der Waals surface area contributed by atoms with E-state index in [4.69, 9.17) is 9.47 Å². The van der Waals surface area contributed by atoms with Crippen molar-refractivity contribution in [2.24, 2.45) is 4.99 Å². The van der Waals surface area contributed by atoms with E-state index in [1.807, 2.05) is 68.5 Å². The molecule has 0 bridgehead atoms. The van der Waals surface area contributed by atoms with Crippen molar-refractivity contribution in [3.05, 3.63) is 59.0 Å². The number of ether oxygens (including phenoxy) is 2. The van der Waals surface area contributed by atoms with Gasteiger partial charge in [0.2, 0.25) is 0 Å². The van der Waals surface area contributed by atoms with E-state index in [-0.39, 0.29) is 5.91 Å². The first-order valence-electron chi connectivity index (χ1n) is 9.91. The van der Waals surface area contributed by atoms with Gasteiger partial charge in [0.15, 0.2) is 16.7 Å². The molecular formula is C23H26N2O3S. The number of carbonyl (C=O) groups is 1. The fourth-order valence-corrected chi connectivity index (χ4v) is 3.91. The molecule has 1 saturated heterocycles. The van der Waals surface area contributed by atoms with Crippen LogP contribution < -0.4 is 9.47 Å². The zero-order valence-electron chi connectivity index (χ0n) is 17.1. The van der Waals surface area contributed by atoms with Gasteiger partial charge in [-0.25, -0.2) is 4.99 Å². The molecule has 1 aliphatic heterocycles. The first-order chi connectivity index (χ1) is 14.2. The molecule has 6 heteroatoms. The topological polar surface area (TPSA) is 51.1 Å². The number of hydrogen-bond donors (Lipinski definition) is 0. The van der Waals surface area contributed by atoms with Gasteiger partial charge >= 0.3 is 0 Å². The molecule has 0 saturated carbocycles. The zero-order chi connectivity index (χ0) is 20.6. The fourth-order valence-electron chi connectivity index (χ4n) is 2.85. The molecule has 1 aliphatic rings. The van der Waals surface area contributed by atoms with Crippen molar-refractivity contribution in [2.75, 3.05) is 19.8 Å². The van der Waals surface area contributed by atoms with Crippen molar-refractivity contribution in [2.45, 2.75) is 27.2 Å². The van der Waals surface area contributed by atoms with E-state index in [2.05, 4.69) is 11.9 Å². The van der Waals surface area contributed by atoms with Crippen LogP contribution in [0.3, 0.4) is 0 Å². The van der Waals surface area contributed by atoms with Crippen molar-refractivity contribution in [3.63, 3.8) is 0 Å². The molecular weight excluding hydrogens is 384 g/mol. The van der Waals surface area contributed by atoms with Crippen LogP contribution in [0.15, 0.2) is 58.4 Å². The first kappa shape index (κ1) is 21.0. The fraction of sp³-hybridized carbons (Fsp3) is 0.304. The molecule has 2 aromatic carbocycles. The minimum Gasteiger partial charge on any atom is -0.490 e. The second kappa shape index (κ2) is 10.2. The summed E-state index contributed by atoms with van der Waals surface area (Å²) in [6.45, 7) is 7.72. The van der Waals surface area contributed by atoms with Crippen LogP contribution in [0.5, 0.6) is 11.5 Å². The van der Waals surface area contributed by atoms with Crippen LogP contribution in [0.1, 0.15) is 32.8 Å². The van der Waals surface area contributed by atoms with E-state index in [0.717, 1.165) is 23.4 Å². The van der Waals surface area contributed by atoms with Gasteiger partial charge in [0.25, 0.3) is 5.91 Å². The summed E-state index contributed by atoms with van der Waals surface area (Å²) in [5.41, 5.74) is 1.73. The summed E-state index contributed by atoms with van der Waals surface area (Å²) in [5, 5.41) is 0.697. The highest BCUT2D eigenvalue weighted by Gasteiger charge is 2.32. The number of para-hydroxylation sites is 1. The molecule has 0 atom stereocenters. The molecule has 0 N–H and O–H groups in total. The van der Waals surface area contributed by atoms with Crippen molar-refractivity contribution in [3.8, 4) is 11.5 Å². The maximum Gasteiger partial charge on any atom is 0.266 e. The number of hydrogen-bond acceptors (Lipinski definition) is 5. The Bertz CT molecular complexity index is 910. The largest absolute Gasteiger partial charge is 0.490 e. The van der Waals surface area contributed by atoms with Gasteiger partial charge in [0.1, 0.15) is 0 Å². The van der Waals surface area contributed by atoms with Crippen molar-refractivity contribution in [1.29, 1.82) is 0 Å². The van der Waals surface area contributed by atoms with Gasteiger partial charge in [-0.05, 0) is 67.9 Å². The van der Waals surface area contributed by atoms with Gasteiger partial charge in [0, 0.05) is 6.54 Å². The molecule has 1 fully saturated rings. The summed E-state index contributed by atoms with van der Waals surface area (Å²) in [4.78, 5) is 19.9. The molecule has 29 heavy (non-hydrogen) atoms. The normalized spacial score (nSPS) is 16.7. The van der Waals surface area contributed by atoms with Crippen LogP contribution in [0.25, 0.3) is 6.08 Å². The van der Waals surface area contributed by atoms with Gasteiger partial charge in [-0.15, -0.1) is 0 Å². The molecule has 0 unspecified atom stereocenters. The minimum absolute atomic E-state index is 0.0311. The molecule has 0 aromatic heterocycles. The highest BCUT2D eigenvalue weighted by Crippen LogP contribution is 2.35. The van der Waals surface area contributed by atoms with Gasteiger partial charge in [-0.2, -0.15) is 0 Å². The monoisotopic (exact) mass is 410 g/mol. The molecule has 3 rings (SSSR count). The molecule has 2 aromatic rings. The number of carbonyl (C=O) groups excluding carboxylic acids is 1. The van der Waals surface area contributed by atoms with Crippen LogP contribution >= 0.6 is 11.8 Å². The summed E-state index contributed by atoms with van der Waals surface area (Å²) >= 11 is 1.39. The van der Waals surface area contributed by atoms with Crippen LogP contribution in [0, 0.1) is 0 Å². The summed E-state index contributed by atoms with van der Waals surface area (Å²) in [6.07, 6.45) is 2.81. The standard InChI is InChI=1S/C23H26N2O3S/c1-4-14-28-19-13-12-17(15-20(19)27-6-3)16-21-22(26)25(5-2)23(29-21)24-18-10-8-7-9-11-18/h7-13,15-16H,4-6,14H2,1-3H3. The van der Waals surface area contributed by atoms with E-state index in [9.17, 15) is 4.79 Å². The van der Waals surface area contributed by atoms with E-state index in [0.29, 0.717) is 35.6 Å². The summed E-state index contributed by atoms with van der Waals surface area (Å²) < 4.78 is 11.5. The van der Waals surface area contributed by atoms with E-state index in [1.54, 1.807) is 4.90 Å². The van der Waals surface area contributed by atoms with E-state index in [1.165, 1.54) is 11.8 Å². The van der Waals surface area contributed by atoms with E-state index < -0.39 is 0 Å². The lowest BCUT2D eigenvalue weighted by molar-refractivity contribution is -0.122. The highest BCUT2D eigenvalue weighted by molar-refractivity contribution is 8.18. The SMILES string of the molecule is CCCOc1ccc(C=C2SC(=Nc3ccccc3)N(CC)C2=O)cc1OCC. The Morgan fingerprint density at radius 2 is 1.83 bits per heavy atom. The lowest BCUT2D eigenvalue weighted by atomic mass is 10.2. The highest BCUT2D eigenvalue weighted by atomic mass is 32.2. The lowest BCUT2D eigenvalue weighted by Crippen LogP contribution is -2.28. The van der Waals surface area contributed by atoms with Crippen LogP contribution in [-0.2, 0) is 4.79 Å². The maximum atomic E-state index is 12.9. The van der Waals surface area contributed by atoms with Gasteiger partial charge in [0.05, 0.1) is 23.8 Å². The van der Waals surface area contributed by atoms with Gasteiger partial charge in [-0.3, -0.25) is 9.69 Å². The smallest absolute Gasteiger partial charge is 0.266 e. The number of nitrogens with zero attached hydrogens (tertiary/aromatic N) is 2. The number of benzene rings is 2. The average molecular weight is 411 g/mol. The number of thioether (sulfide) groups is 1. The van der Waals surface area contributed by atoms with Crippen molar-refractivity contribution in [1.82, 2.24) is 4.90 Å². The summed E-state index contributed by atoms with van der Waals surface area (Å²) in [5.74, 6) is 1.38. The Morgan fingerprint density at radius 3 is 2.52 bits per heavy atom. The van der Waals surface area contributed by atoms with Crippen LogP contribution in [0.2, 0.25) is 0 Å². The van der Waals surface area contributed by atoms with Crippen molar-refractivity contribution >= 4 is 34.6 Å². The molecule has 1 heterocycles. The quantitative estimate of drug-likeness (QED) is 0.539. The number of amidine groups is 1. The molecule has 5 nitrogen and oxygen atoms in total. The third-order valence-corrected chi connectivity index (χ3v) is 5.22. The Morgan fingerprint density at radius 1 is 1.03 bits per heavy atom. The lowest BCUT2D eigenvalue weighted by Gasteiger charge is -2.12. The minimum atomic E-state index is -0.0311. The predicted octanol–water partition coefficient (Wildman–Crippen LogP) is 5.50. The van der Waals surface area contributed by atoms with Gasteiger partial charge < -0.3 is 9.47 Å². The number of amides is 1.